The van der Waals surface area contributed by atoms with Crippen LogP contribution in [-0.2, 0) is 17.0 Å². The summed E-state index contributed by atoms with van der Waals surface area (Å²) in [6.45, 7) is 1.63. The summed E-state index contributed by atoms with van der Waals surface area (Å²) in [5, 5.41) is 4.35. The highest BCUT2D eigenvalue weighted by Gasteiger charge is 2.51. The van der Waals surface area contributed by atoms with E-state index >= 15 is 0 Å². The topological polar surface area (TPSA) is 108 Å². The van der Waals surface area contributed by atoms with Crippen LogP contribution in [0.25, 0.3) is 5.69 Å². The zero-order chi connectivity index (χ0) is 19.3. The second-order valence-corrected chi connectivity index (χ2v) is 6.64. The van der Waals surface area contributed by atoms with Gasteiger partial charge in [0.25, 0.3) is 5.91 Å². The standard InChI is InChI=1S/C19H18N6O3/c1-27-12-5-6-14-13(10-12)19(15-4-2-3-7-21-15)24(8-9-28-19)11-16-22-18(17(20)26)23-25(14)16/h2-7,10H,8-9,11H2,1H3,(H2,20,26). The highest BCUT2D eigenvalue weighted by molar-refractivity contribution is 5.88. The largest absolute Gasteiger partial charge is 0.497 e. The van der Waals surface area contributed by atoms with Gasteiger partial charge in [0.15, 0.2) is 5.72 Å². The van der Waals surface area contributed by atoms with Crippen LogP contribution in [0.4, 0.5) is 0 Å². The molecule has 1 fully saturated rings. The minimum atomic E-state index is -0.902. The highest BCUT2D eigenvalue weighted by Crippen LogP contribution is 2.46. The Hall–Kier alpha value is -3.30. The summed E-state index contributed by atoms with van der Waals surface area (Å²) in [4.78, 5) is 22.7. The Labute approximate surface area is 160 Å². The molecule has 2 aliphatic heterocycles. The van der Waals surface area contributed by atoms with Crippen LogP contribution in [0, 0.1) is 0 Å². The maximum Gasteiger partial charge on any atom is 0.288 e. The predicted octanol–water partition coefficient (Wildman–Crippen LogP) is 0.817. The van der Waals surface area contributed by atoms with Crippen molar-refractivity contribution in [3.63, 3.8) is 0 Å². The number of primary amides is 1. The maximum absolute atomic E-state index is 11.6. The lowest BCUT2D eigenvalue weighted by atomic mass is 9.95. The monoisotopic (exact) mass is 378 g/mol. The van der Waals surface area contributed by atoms with Crippen LogP contribution >= 0.6 is 0 Å². The molecule has 1 unspecified atom stereocenters. The first kappa shape index (κ1) is 16.8. The third kappa shape index (κ3) is 2.26. The number of carbonyl (C=O) groups is 1. The SMILES string of the molecule is COc1ccc2c(c1)C1(c3ccccn3)OCCN1Cc1nc(C(N)=O)nn1-2. The lowest BCUT2D eigenvalue weighted by Gasteiger charge is -2.35. The van der Waals surface area contributed by atoms with Crippen LogP contribution in [-0.4, -0.2) is 50.8 Å². The summed E-state index contributed by atoms with van der Waals surface area (Å²) in [5.41, 5.74) is 6.84. The van der Waals surface area contributed by atoms with Crippen LogP contribution < -0.4 is 10.5 Å². The Morgan fingerprint density at radius 2 is 2.21 bits per heavy atom. The van der Waals surface area contributed by atoms with Crippen molar-refractivity contribution < 1.29 is 14.3 Å². The molecule has 0 bridgehead atoms. The fourth-order valence-corrected chi connectivity index (χ4v) is 3.94. The molecule has 2 aliphatic rings. The Balaban J connectivity index is 1.83. The van der Waals surface area contributed by atoms with E-state index in [0.29, 0.717) is 31.3 Å². The number of benzene rings is 1. The molecule has 9 nitrogen and oxygen atoms in total. The number of pyridine rings is 1. The third-order valence-electron chi connectivity index (χ3n) is 5.15. The van der Waals surface area contributed by atoms with Gasteiger partial charge in [-0.25, -0.2) is 9.67 Å². The number of amides is 1. The van der Waals surface area contributed by atoms with E-state index in [1.807, 2.05) is 36.4 Å². The number of nitrogens with two attached hydrogens (primary N) is 1. The molecule has 3 aromatic rings. The lowest BCUT2D eigenvalue weighted by Crippen LogP contribution is -2.43. The van der Waals surface area contributed by atoms with E-state index in [2.05, 4.69) is 20.0 Å². The lowest BCUT2D eigenvalue weighted by molar-refractivity contribution is -0.0586. The molecule has 9 heteroatoms. The second-order valence-electron chi connectivity index (χ2n) is 6.64. The molecule has 1 aromatic carbocycles. The Bertz CT molecular complexity index is 1070. The normalized spacial score (nSPS) is 20.8. The molecule has 1 saturated heterocycles. The smallest absolute Gasteiger partial charge is 0.288 e. The molecule has 0 spiro atoms. The number of methoxy groups -OCH3 is 1. The molecule has 2 aromatic heterocycles. The highest BCUT2D eigenvalue weighted by atomic mass is 16.5. The summed E-state index contributed by atoms with van der Waals surface area (Å²) in [7, 11) is 1.62. The van der Waals surface area contributed by atoms with Crippen molar-refractivity contribution in [2.75, 3.05) is 20.3 Å². The summed E-state index contributed by atoms with van der Waals surface area (Å²) in [6, 6.07) is 11.4. The molecule has 142 valence electrons. The molecule has 1 amide bonds. The average molecular weight is 378 g/mol. The van der Waals surface area contributed by atoms with Crippen LogP contribution in [0.2, 0.25) is 0 Å². The number of ether oxygens (including phenoxy) is 2. The van der Waals surface area contributed by atoms with Gasteiger partial charge in [-0.3, -0.25) is 14.7 Å². The molecular weight excluding hydrogens is 360 g/mol. The van der Waals surface area contributed by atoms with E-state index in [4.69, 9.17) is 15.2 Å². The fourth-order valence-electron chi connectivity index (χ4n) is 3.94. The van der Waals surface area contributed by atoms with Crippen molar-refractivity contribution in [3.05, 3.63) is 65.5 Å². The molecule has 0 aliphatic carbocycles. The van der Waals surface area contributed by atoms with Crippen molar-refractivity contribution in [1.82, 2.24) is 24.6 Å². The first-order valence-corrected chi connectivity index (χ1v) is 8.88. The van der Waals surface area contributed by atoms with Gasteiger partial charge < -0.3 is 15.2 Å². The zero-order valence-corrected chi connectivity index (χ0v) is 15.2. The fraction of sp³-hybridized carbons (Fsp3) is 0.263. The number of carbonyl (C=O) groups excluding carboxylic acids is 1. The maximum atomic E-state index is 11.6. The van der Waals surface area contributed by atoms with Crippen molar-refractivity contribution in [1.29, 1.82) is 0 Å². The minimum absolute atomic E-state index is 0.0118. The van der Waals surface area contributed by atoms with E-state index in [1.165, 1.54) is 0 Å². The molecule has 0 radical (unpaired) electrons. The van der Waals surface area contributed by atoms with Gasteiger partial charge in [-0.05, 0) is 30.3 Å². The predicted molar refractivity (Wildman–Crippen MR) is 97.8 cm³/mol. The Morgan fingerprint density at radius 3 is 2.96 bits per heavy atom. The van der Waals surface area contributed by atoms with Gasteiger partial charge in [0, 0.05) is 18.3 Å². The number of fused-ring (bicyclic) bond motifs is 5. The molecule has 2 N–H and O–H groups in total. The molecule has 28 heavy (non-hydrogen) atoms. The van der Waals surface area contributed by atoms with Gasteiger partial charge in [0.2, 0.25) is 5.82 Å². The zero-order valence-electron chi connectivity index (χ0n) is 15.2. The van der Waals surface area contributed by atoms with Crippen molar-refractivity contribution in [2.24, 2.45) is 5.73 Å². The summed E-state index contributed by atoms with van der Waals surface area (Å²) in [5.74, 6) is 0.623. The first-order valence-electron chi connectivity index (χ1n) is 8.88. The van der Waals surface area contributed by atoms with Gasteiger partial charge in [0.05, 0.1) is 31.6 Å². The van der Waals surface area contributed by atoms with Gasteiger partial charge in [-0.2, -0.15) is 0 Å². The van der Waals surface area contributed by atoms with Crippen LogP contribution in [0.5, 0.6) is 5.75 Å². The summed E-state index contributed by atoms with van der Waals surface area (Å²) in [6.07, 6.45) is 1.75. The molecule has 4 heterocycles. The number of aromatic nitrogens is 4. The van der Waals surface area contributed by atoms with E-state index in [9.17, 15) is 4.79 Å². The number of hydrogen-bond acceptors (Lipinski definition) is 7. The number of nitrogens with zero attached hydrogens (tertiary/aromatic N) is 5. The van der Waals surface area contributed by atoms with Crippen LogP contribution in [0.3, 0.4) is 0 Å². The molecule has 0 saturated carbocycles. The van der Waals surface area contributed by atoms with Crippen molar-refractivity contribution in [3.8, 4) is 11.4 Å². The van der Waals surface area contributed by atoms with Gasteiger partial charge in [0.1, 0.15) is 11.6 Å². The average Bonchev–Trinajstić information content (AvgIpc) is 3.32. The molecular formula is C19H18N6O3. The van der Waals surface area contributed by atoms with Crippen LogP contribution in [0.15, 0.2) is 42.6 Å². The minimum Gasteiger partial charge on any atom is -0.497 e. The third-order valence-corrected chi connectivity index (χ3v) is 5.15. The summed E-state index contributed by atoms with van der Waals surface area (Å²) < 4.78 is 13.5. The number of rotatable bonds is 3. The quantitative estimate of drug-likeness (QED) is 0.719. The van der Waals surface area contributed by atoms with Crippen molar-refractivity contribution >= 4 is 5.91 Å². The second kappa shape index (κ2) is 6.11. The van der Waals surface area contributed by atoms with Gasteiger partial charge in [-0.15, -0.1) is 5.10 Å². The first-order chi connectivity index (χ1) is 13.6. The van der Waals surface area contributed by atoms with Gasteiger partial charge in [-0.1, -0.05) is 6.07 Å². The van der Waals surface area contributed by atoms with E-state index in [-0.39, 0.29) is 5.82 Å². The van der Waals surface area contributed by atoms with E-state index in [0.717, 1.165) is 16.9 Å². The van der Waals surface area contributed by atoms with Crippen LogP contribution in [0.1, 0.15) is 27.7 Å². The molecule has 5 rings (SSSR count). The van der Waals surface area contributed by atoms with Gasteiger partial charge >= 0.3 is 0 Å². The summed E-state index contributed by atoms with van der Waals surface area (Å²) >= 11 is 0. The molecule has 1 atom stereocenters. The van der Waals surface area contributed by atoms with E-state index < -0.39 is 11.6 Å². The van der Waals surface area contributed by atoms with E-state index in [1.54, 1.807) is 18.0 Å². The van der Waals surface area contributed by atoms with Crippen molar-refractivity contribution in [2.45, 2.75) is 12.3 Å². The Morgan fingerprint density at radius 1 is 1.32 bits per heavy atom. The number of hydrogen-bond donors (Lipinski definition) is 1. The Kier molecular flexibility index (Phi) is 3.68.